The van der Waals surface area contributed by atoms with Crippen LogP contribution < -0.4 is 10.1 Å². The number of nitrogens with one attached hydrogen (secondary N) is 1. The van der Waals surface area contributed by atoms with Gasteiger partial charge in [0, 0.05) is 11.1 Å². The Balaban J connectivity index is 1.46. The third-order valence-electron chi connectivity index (χ3n) is 5.23. The van der Waals surface area contributed by atoms with Crippen LogP contribution in [-0.2, 0) is 10.3 Å². The van der Waals surface area contributed by atoms with Crippen LogP contribution in [0.25, 0.3) is 5.57 Å². The van der Waals surface area contributed by atoms with Crippen LogP contribution in [0.5, 0.6) is 5.75 Å². The second-order valence-corrected chi connectivity index (χ2v) is 8.32. The van der Waals surface area contributed by atoms with Gasteiger partial charge in [0.15, 0.2) is 5.78 Å². The van der Waals surface area contributed by atoms with Gasteiger partial charge in [0.2, 0.25) is 0 Å². The molecule has 0 bridgehead atoms. The number of rotatable bonds is 9. The SMILES string of the molecule is C=C(C)c1cccc(C(C)(C)NC(=O)OCCOc2ccc(C(=O)c3ccccc3)cc2)c1. The minimum absolute atomic E-state index is 0.0430. The molecular formula is C28H29NO4. The Kier molecular flexibility index (Phi) is 7.67. The van der Waals surface area contributed by atoms with Crippen molar-refractivity contribution in [2.24, 2.45) is 0 Å². The highest BCUT2D eigenvalue weighted by atomic mass is 16.6. The van der Waals surface area contributed by atoms with Crippen molar-refractivity contribution in [1.29, 1.82) is 0 Å². The molecule has 33 heavy (non-hydrogen) atoms. The first kappa shape index (κ1) is 23.8. The Bertz CT molecular complexity index is 1120. The molecule has 0 saturated carbocycles. The third kappa shape index (κ3) is 6.56. The van der Waals surface area contributed by atoms with Crippen LogP contribution in [0, 0.1) is 0 Å². The van der Waals surface area contributed by atoms with Crippen molar-refractivity contribution in [1.82, 2.24) is 5.32 Å². The molecule has 1 amide bonds. The monoisotopic (exact) mass is 443 g/mol. The average molecular weight is 444 g/mol. The summed E-state index contributed by atoms with van der Waals surface area (Å²) in [6, 6.07) is 23.9. The zero-order chi connectivity index (χ0) is 23.8. The summed E-state index contributed by atoms with van der Waals surface area (Å²) in [7, 11) is 0. The van der Waals surface area contributed by atoms with E-state index in [-0.39, 0.29) is 19.0 Å². The fraction of sp³-hybridized carbons (Fsp3) is 0.214. The van der Waals surface area contributed by atoms with Gasteiger partial charge >= 0.3 is 6.09 Å². The molecule has 0 radical (unpaired) electrons. The van der Waals surface area contributed by atoms with E-state index in [4.69, 9.17) is 9.47 Å². The van der Waals surface area contributed by atoms with Crippen molar-refractivity contribution in [3.63, 3.8) is 0 Å². The molecule has 0 aliphatic carbocycles. The Morgan fingerprint density at radius 1 is 0.848 bits per heavy atom. The van der Waals surface area contributed by atoms with Crippen molar-refractivity contribution in [3.05, 3.63) is 108 Å². The largest absolute Gasteiger partial charge is 0.490 e. The van der Waals surface area contributed by atoms with Gasteiger partial charge in [-0.15, -0.1) is 0 Å². The molecular weight excluding hydrogens is 414 g/mol. The molecule has 0 heterocycles. The fourth-order valence-corrected chi connectivity index (χ4v) is 3.29. The fourth-order valence-electron chi connectivity index (χ4n) is 3.29. The smallest absolute Gasteiger partial charge is 0.407 e. The lowest BCUT2D eigenvalue weighted by Gasteiger charge is -2.27. The summed E-state index contributed by atoms with van der Waals surface area (Å²) in [6.07, 6.45) is -0.520. The number of alkyl carbamates (subject to hydrolysis) is 1. The van der Waals surface area contributed by atoms with Crippen molar-refractivity contribution in [2.45, 2.75) is 26.3 Å². The van der Waals surface area contributed by atoms with Gasteiger partial charge < -0.3 is 14.8 Å². The van der Waals surface area contributed by atoms with Gasteiger partial charge in [0.1, 0.15) is 19.0 Å². The van der Waals surface area contributed by atoms with E-state index in [1.807, 2.05) is 63.2 Å². The highest BCUT2D eigenvalue weighted by Crippen LogP contribution is 2.23. The number of benzene rings is 3. The molecule has 0 spiro atoms. The summed E-state index contributed by atoms with van der Waals surface area (Å²) in [5.74, 6) is 0.555. The highest BCUT2D eigenvalue weighted by molar-refractivity contribution is 6.08. The van der Waals surface area contributed by atoms with Crippen LogP contribution in [0.4, 0.5) is 4.79 Å². The maximum Gasteiger partial charge on any atom is 0.407 e. The average Bonchev–Trinajstić information content (AvgIpc) is 2.82. The molecule has 0 saturated heterocycles. The summed E-state index contributed by atoms with van der Waals surface area (Å²) in [4.78, 5) is 24.7. The molecule has 5 heteroatoms. The molecule has 1 N–H and O–H groups in total. The molecule has 0 aliphatic heterocycles. The second kappa shape index (κ2) is 10.6. The van der Waals surface area contributed by atoms with Gasteiger partial charge in [-0.05, 0) is 62.2 Å². The first-order chi connectivity index (χ1) is 15.8. The maximum absolute atomic E-state index is 12.5. The quantitative estimate of drug-likeness (QED) is 0.326. The Morgan fingerprint density at radius 3 is 2.15 bits per heavy atom. The molecule has 3 aromatic carbocycles. The van der Waals surface area contributed by atoms with Gasteiger partial charge in [-0.2, -0.15) is 0 Å². The lowest BCUT2D eigenvalue weighted by Crippen LogP contribution is -2.41. The summed E-state index contributed by atoms with van der Waals surface area (Å²) >= 11 is 0. The lowest BCUT2D eigenvalue weighted by molar-refractivity contribution is 0.103. The van der Waals surface area contributed by atoms with Gasteiger partial charge in [-0.25, -0.2) is 4.79 Å². The van der Waals surface area contributed by atoms with Gasteiger partial charge in [0.25, 0.3) is 0 Å². The van der Waals surface area contributed by atoms with E-state index in [1.54, 1.807) is 36.4 Å². The molecule has 170 valence electrons. The van der Waals surface area contributed by atoms with Gasteiger partial charge in [0.05, 0.1) is 5.54 Å². The number of ether oxygens (including phenoxy) is 2. The maximum atomic E-state index is 12.5. The van der Waals surface area contributed by atoms with Crippen molar-refractivity contribution in [2.75, 3.05) is 13.2 Å². The number of amides is 1. The van der Waals surface area contributed by atoms with Crippen LogP contribution in [0.1, 0.15) is 47.8 Å². The normalized spacial score (nSPS) is 10.9. The number of ketones is 1. The minimum atomic E-state index is -0.607. The number of hydrogen-bond donors (Lipinski definition) is 1. The van der Waals surface area contributed by atoms with E-state index in [0.717, 1.165) is 16.7 Å². The van der Waals surface area contributed by atoms with E-state index in [1.165, 1.54) is 0 Å². The summed E-state index contributed by atoms with van der Waals surface area (Å²) in [5.41, 5.74) is 3.57. The van der Waals surface area contributed by atoms with Gasteiger partial charge in [-0.1, -0.05) is 60.7 Å². The molecule has 3 aromatic rings. The summed E-state index contributed by atoms with van der Waals surface area (Å²) in [5, 5.41) is 2.89. The van der Waals surface area contributed by atoms with Crippen molar-refractivity contribution >= 4 is 17.4 Å². The van der Waals surface area contributed by atoms with E-state index < -0.39 is 11.6 Å². The minimum Gasteiger partial charge on any atom is -0.490 e. The van der Waals surface area contributed by atoms with Crippen LogP contribution in [0.2, 0.25) is 0 Å². The third-order valence-corrected chi connectivity index (χ3v) is 5.23. The molecule has 5 nitrogen and oxygen atoms in total. The highest BCUT2D eigenvalue weighted by Gasteiger charge is 2.24. The van der Waals surface area contributed by atoms with E-state index >= 15 is 0 Å². The second-order valence-electron chi connectivity index (χ2n) is 8.32. The first-order valence-corrected chi connectivity index (χ1v) is 10.8. The Hall–Kier alpha value is -3.86. The molecule has 3 rings (SSSR count). The number of carbonyl (C=O) groups is 2. The molecule has 0 fully saturated rings. The van der Waals surface area contributed by atoms with Gasteiger partial charge in [-0.3, -0.25) is 4.79 Å². The number of hydrogen-bond acceptors (Lipinski definition) is 4. The lowest BCUT2D eigenvalue weighted by atomic mass is 9.92. The Labute approximate surface area is 195 Å². The zero-order valence-electron chi connectivity index (χ0n) is 19.3. The van der Waals surface area contributed by atoms with Crippen molar-refractivity contribution in [3.8, 4) is 5.75 Å². The van der Waals surface area contributed by atoms with Crippen LogP contribution >= 0.6 is 0 Å². The van der Waals surface area contributed by atoms with E-state index in [2.05, 4.69) is 11.9 Å². The zero-order valence-corrected chi connectivity index (χ0v) is 19.3. The predicted molar refractivity (Wildman–Crippen MR) is 130 cm³/mol. The standard InChI is InChI=1S/C28H29NO4/c1-20(2)23-11-8-12-24(19-23)28(3,4)29-27(31)33-18-17-32-25-15-13-22(14-16-25)26(30)21-9-6-5-7-10-21/h5-16,19H,1,17-18H2,2-4H3,(H,29,31). The molecule has 0 aliphatic rings. The van der Waals surface area contributed by atoms with Crippen LogP contribution in [-0.4, -0.2) is 25.1 Å². The number of carbonyl (C=O) groups excluding carboxylic acids is 2. The van der Waals surface area contributed by atoms with E-state index in [9.17, 15) is 9.59 Å². The first-order valence-electron chi connectivity index (χ1n) is 10.8. The van der Waals surface area contributed by atoms with Crippen LogP contribution in [0.15, 0.2) is 85.4 Å². The summed E-state index contributed by atoms with van der Waals surface area (Å²) < 4.78 is 10.9. The Morgan fingerprint density at radius 2 is 1.48 bits per heavy atom. The molecule has 0 atom stereocenters. The molecule has 0 aromatic heterocycles. The van der Waals surface area contributed by atoms with E-state index in [0.29, 0.717) is 16.9 Å². The topological polar surface area (TPSA) is 64.6 Å². The van der Waals surface area contributed by atoms with Crippen molar-refractivity contribution < 1.29 is 19.1 Å². The number of allylic oxidation sites excluding steroid dienone is 1. The predicted octanol–water partition coefficient (Wildman–Crippen LogP) is 5.99. The van der Waals surface area contributed by atoms with Crippen LogP contribution in [0.3, 0.4) is 0 Å². The molecule has 0 unspecified atom stereocenters. The summed E-state index contributed by atoms with van der Waals surface area (Å²) in [6.45, 7) is 10.0.